The fourth-order valence-electron chi connectivity index (χ4n) is 2.00. The van der Waals surface area contributed by atoms with Crippen LogP contribution in [0.4, 0.5) is 0 Å². The van der Waals surface area contributed by atoms with E-state index in [0.29, 0.717) is 22.8 Å². The monoisotopic (exact) mass is 283 g/mol. The van der Waals surface area contributed by atoms with E-state index in [1.807, 2.05) is 42.6 Å². The molecule has 5 heteroatoms. The van der Waals surface area contributed by atoms with Gasteiger partial charge in [0.2, 0.25) is 0 Å². The van der Waals surface area contributed by atoms with E-state index in [0.717, 1.165) is 10.6 Å². The van der Waals surface area contributed by atoms with E-state index in [1.54, 1.807) is 6.92 Å². The van der Waals surface area contributed by atoms with E-state index in [-0.39, 0.29) is 5.56 Å². The summed E-state index contributed by atoms with van der Waals surface area (Å²) in [6, 6.07) is 9.71. The molecule has 20 heavy (non-hydrogen) atoms. The predicted molar refractivity (Wildman–Crippen MR) is 80.9 cm³/mol. The lowest BCUT2D eigenvalue weighted by Gasteiger charge is -2.06. The highest BCUT2D eigenvalue weighted by Crippen LogP contribution is 2.22. The molecule has 0 saturated carbocycles. The molecule has 0 atom stereocenters. The minimum Gasteiger partial charge on any atom is -0.305 e. The van der Waals surface area contributed by atoms with Crippen LogP contribution in [0.25, 0.3) is 22.8 Å². The average molecular weight is 283 g/mol. The van der Waals surface area contributed by atoms with E-state index in [1.165, 1.54) is 11.3 Å². The largest absolute Gasteiger partial charge is 0.305 e. The number of H-pyrrole nitrogens is 1. The van der Waals surface area contributed by atoms with Crippen LogP contribution >= 0.6 is 11.3 Å². The first-order valence-electron chi connectivity index (χ1n) is 6.24. The Labute approximate surface area is 120 Å². The zero-order valence-electron chi connectivity index (χ0n) is 11.2. The van der Waals surface area contributed by atoms with E-state index in [4.69, 9.17) is 0 Å². The zero-order chi connectivity index (χ0) is 14.1. The third-order valence-corrected chi connectivity index (χ3v) is 3.83. The molecule has 0 aliphatic rings. The molecule has 0 amide bonds. The molecular formula is C15H13N3OS. The molecule has 0 spiro atoms. The first-order chi connectivity index (χ1) is 9.65. The van der Waals surface area contributed by atoms with Crippen molar-refractivity contribution in [3.63, 3.8) is 0 Å². The molecule has 0 bridgehead atoms. The van der Waals surface area contributed by atoms with Crippen LogP contribution in [0.5, 0.6) is 0 Å². The Morgan fingerprint density at radius 1 is 1.10 bits per heavy atom. The molecule has 2 aromatic heterocycles. The summed E-state index contributed by atoms with van der Waals surface area (Å²) in [5.74, 6) is 0.517. The standard InChI is InChI=1S/C15H13N3OS/c1-9-13(11-6-4-3-5-7-11)17-14(18-15(9)19)12-8-20-10(2)16-12/h3-8H,1-2H3,(H,17,18,19). The summed E-state index contributed by atoms with van der Waals surface area (Å²) in [6.45, 7) is 3.71. The van der Waals surface area contributed by atoms with Crippen molar-refractivity contribution in [2.24, 2.45) is 0 Å². The summed E-state index contributed by atoms with van der Waals surface area (Å²) in [5.41, 5.74) is 2.84. The van der Waals surface area contributed by atoms with E-state index in [9.17, 15) is 4.79 Å². The lowest BCUT2D eigenvalue weighted by Crippen LogP contribution is -2.14. The van der Waals surface area contributed by atoms with Gasteiger partial charge in [-0.05, 0) is 13.8 Å². The minimum absolute atomic E-state index is 0.125. The van der Waals surface area contributed by atoms with Gasteiger partial charge in [0.25, 0.3) is 5.56 Å². The average Bonchev–Trinajstić information content (AvgIpc) is 2.89. The van der Waals surface area contributed by atoms with Gasteiger partial charge in [0, 0.05) is 16.5 Å². The minimum atomic E-state index is -0.125. The van der Waals surface area contributed by atoms with Gasteiger partial charge in [-0.2, -0.15) is 0 Å². The highest BCUT2D eigenvalue weighted by atomic mass is 32.1. The normalized spacial score (nSPS) is 10.7. The van der Waals surface area contributed by atoms with Crippen LogP contribution in [-0.4, -0.2) is 15.0 Å². The van der Waals surface area contributed by atoms with Crippen molar-refractivity contribution < 1.29 is 0 Å². The number of aryl methyl sites for hydroxylation is 1. The molecule has 3 rings (SSSR count). The van der Waals surface area contributed by atoms with Crippen molar-refractivity contribution in [3.05, 3.63) is 56.6 Å². The molecule has 0 aliphatic heterocycles. The molecule has 1 aromatic carbocycles. The fourth-order valence-corrected chi connectivity index (χ4v) is 2.60. The van der Waals surface area contributed by atoms with Gasteiger partial charge in [-0.1, -0.05) is 30.3 Å². The van der Waals surface area contributed by atoms with Crippen LogP contribution < -0.4 is 5.56 Å². The first-order valence-corrected chi connectivity index (χ1v) is 7.12. The molecule has 100 valence electrons. The Morgan fingerprint density at radius 2 is 1.85 bits per heavy atom. The number of rotatable bonds is 2. The Hall–Kier alpha value is -2.27. The molecule has 0 fully saturated rings. The number of aromatic nitrogens is 3. The van der Waals surface area contributed by atoms with Crippen molar-refractivity contribution >= 4 is 11.3 Å². The van der Waals surface area contributed by atoms with Crippen LogP contribution in [0.1, 0.15) is 10.6 Å². The third kappa shape index (κ3) is 2.28. The Balaban J connectivity index is 2.21. The molecular weight excluding hydrogens is 270 g/mol. The highest BCUT2D eigenvalue weighted by Gasteiger charge is 2.12. The van der Waals surface area contributed by atoms with Crippen LogP contribution in [0.2, 0.25) is 0 Å². The van der Waals surface area contributed by atoms with Gasteiger partial charge in [-0.15, -0.1) is 11.3 Å². The number of nitrogens with zero attached hydrogens (tertiary/aromatic N) is 2. The summed E-state index contributed by atoms with van der Waals surface area (Å²) < 4.78 is 0. The second kappa shape index (κ2) is 5.02. The first kappa shape index (κ1) is 12.7. The Morgan fingerprint density at radius 3 is 2.50 bits per heavy atom. The maximum Gasteiger partial charge on any atom is 0.254 e. The third-order valence-electron chi connectivity index (χ3n) is 3.06. The van der Waals surface area contributed by atoms with Gasteiger partial charge in [-0.3, -0.25) is 4.79 Å². The zero-order valence-corrected chi connectivity index (χ0v) is 12.0. The molecule has 0 radical (unpaired) electrons. The number of hydrogen-bond acceptors (Lipinski definition) is 4. The van der Waals surface area contributed by atoms with Gasteiger partial charge in [0.1, 0.15) is 5.69 Å². The van der Waals surface area contributed by atoms with Crippen molar-refractivity contribution in [2.45, 2.75) is 13.8 Å². The molecule has 4 nitrogen and oxygen atoms in total. The smallest absolute Gasteiger partial charge is 0.254 e. The van der Waals surface area contributed by atoms with Gasteiger partial charge in [0.15, 0.2) is 5.82 Å². The van der Waals surface area contributed by atoms with E-state index < -0.39 is 0 Å². The second-order valence-corrected chi connectivity index (χ2v) is 5.57. The van der Waals surface area contributed by atoms with Gasteiger partial charge in [-0.25, -0.2) is 9.97 Å². The SMILES string of the molecule is Cc1nc(-c2nc(-c3ccccc3)c(C)c(=O)[nH]2)cs1. The number of thiazole rings is 1. The quantitative estimate of drug-likeness (QED) is 0.786. The second-order valence-electron chi connectivity index (χ2n) is 4.51. The number of aromatic amines is 1. The lowest BCUT2D eigenvalue weighted by molar-refractivity contribution is 1.07. The number of nitrogens with one attached hydrogen (secondary N) is 1. The van der Waals surface area contributed by atoms with Crippen LogP contribution in [0.3, 0.4) is 0 Å². The highest BCUT2D eigenvalue weighted by molar-refractivity contribution is 7.09. The van der Waals surface area contributed by atoms with Crippen LogP contribution in [0, 0.1) is 13.8 Å². The lowest BCUT2D eigenvalue weighted by atomic mass is 10.1. The van der Waals surface area contributed by atoms with Gasteiger partial charge < -0.3 is 4.98 Å². The predicted octanol–water partition coefficient (Wildman–Crippen LogP) is 3.18. The van der Waals surface area contributed by atoms with E-state index in [2.05, 4.69) is 15.0 Å². The Kier molecular flexibility index (Phi) is 3.20. The number of hydrogen-bond donors (Lipinski definition) is 1. The summed E-state index contributed by atoms with van der Waals surface area (Å²) in [7, 11) is 0. The van der Waals surface area contributed by atoms with Crippen molar-refractivity contribution in [2.75, 3.05) is 0 Å². The maximum absolute atomic E-state index is 12.1. The summed E-state index contributed by atoms with van der Waals surface area (Å²) in [4.78, 5) is 23.8. The molecule has 1 N–H and O–H groups in total. The molecule has 3 aromatic rings. The van der Waals surface area contributed by atoms with Crippen LogP contribution in [-0.2, 0) is 0 Å². The van der Waals surface area contributed by atoms with Gasteiger partial charge in [0.05, 0.1) is 10.7 Å². The summed E-state index contributed by atoms with van der Waals surface area (Å²) in [5, 5.41) is 2.85. The van der Waals surface area contributed by atoms with E-state index >= 15 is 0 Å². The molecule has 0 unspecified atom stereocenters. The van der Waals surface area contributed by atoms with Crippen LogP contribution in [0.15, 0.2) is 40.5 Å². The fraction of sp³-hybridized carbons (Fsp3) is 0.133. The van der Waals surface area contributed by atoms with Crippen molar-refractivity contribution in [1.29, 1.82) is 0 Å². The maximum atomic E-state index is 12.1. The summed E-state index contributed by atoms with van der Waals surface area (Å²) in [6.07, 6.45) is 0. The topological polar surface area (TPSA) is 58.6 Å². The Bertz CT molecular complexity index is 805. The van der Waals surface area contributed by atoms with Crippen molar-refractivity contribution in [3.8, 4) is 22.8 Å². The number of benzene rings is 1. The van der Waals surface area contributed by atoms with Gasteiger partial charge >= 0.3 is 0 Å². The summed E-state index contributed by atoms with van der Waals surface area (Å²) >= 11 is 1.54. The van der Waals surface area contributed by atoms with Crippen molar-refractivity contribution in [1.82, 2.24) is 15.0 Å². The molecule has 0 aliphatic carbocycles. The molecule has 2 heterocycles. The molecule has 0 saturated heterocycles.